The number of nitrogens with zero attached hydrogens (tertiary/aromatic N) is 1. The number of anilines is 2. The second kappa shape index (κ2) is 9.82. The van der Waals surface area contributed by atoms with Crippen LogP contribution in [0.3, 0.4) is 0 Å². The Labute approximate surface area is 206 Å². The number of para-hydroxylation sites is 1. The van der Waals surface area contributed by atoms with Crippen LogP contribution in [0.15, 0.2) is 42.5 Å². The topological polar surface area (TPSA) is 98.8 Å². The Balaban J connectivity index is 2.05. The van der Waals surface area contributed by atoms with Crippen LogP contribution in [-0.2, 0) is 10.2 Å². The molecule has 1 heterocycles. The molecule has 0 aliphatic carbocycles. The average Bonchev–Trinajstić information content (AvgIpc) is 2.75. The number of hydrogen-bond donors (Lipinski definition) is 2. The highest BCUT2D eigenvalue weighted by molar-refractivity contribution is 6.11. The zero-order chi connectivity index (χ0) is 26.0. The Kier molecular flexibility index (Phi) is 7.24. The number of fused-ring (bicyclic) bond motifs is 1. The van der Waals surface area contributed by atoms with Gasteiger partial charge in [0.25, 0.3) is 5.91 Å². The second-order valence-corrected chi connectivity index (χ2v) is 10.1. The normalized spacial score (nSPS) is 11.7. The number of pyridine rings is 1. The summed E-state index contributed by atoms with van der Waals surface area (Å²) < 4.78 is 16.4. The molecule has 1 aromatic heterocycles. The monoisotopic (exact) mass is 479 g/mol. The summed E-state index contributed by atoms with van der Waals surface area (Å²) >= 11 is 0. The number of hydrogen-bond acceptors (Lipinski definition) is 6. The summed E-state index contributed by atoms with van der Waals surface area (Å²) in [6, 6.07) is 12.7. The van der Waals surface area contributed by atoms with Crippen LogP contribution in [0.2, 0.25) is 0 Å². The molecule has 3 aromatic rings. The quantitative estimate of drug-likeness (QED) is 0.455. The van der Waals surface area contributed by atoms with E-state index >= 15 is 0 Å². The molecule has 8 heteroatoms. The van der Waals surface area contributed by atoms with Crippen molar-refractivity contribution in [3.63, 3.8) is 0 Å². The van der Waals surface area contributed by atoms with Crippen molar-refractivity contribution in [2.45, 2.75) is 52.6 Å². The van der Waals surface area contributed by atoms with Crippen molar-refractivity contribution in [1.82, 2.24) is 4.98 Å². The summed E-state index contributed by atoms with van der Waals surface area (Å²) in [5.41, 5.74) is 1.81. The zero-order valence-corrected chi connectivity index (χ0v) is 21.5. The summed E-state index contributed by atoms with van der Waals surface area (Å²) in [5.74, 6) is 0.0700. The smallest absolute Gasteiger partial charge is 0.412 e. The summed E-state index contributed by atoms with van der Waals surface area (Å²) in [4.78, 5) is 30.4. The highest BCUT2D eigenvalue weighted by atomic mass is 16.6. The molecule has 0 aliphatic rings. The third-order valence-electron chi connectivity index (χ3n) is 5.16. The Bertz CT molecular complexity index is 1260. The molecule has 0 spiro atoms. The molecule has 2 aromatic carbocycles. The van der Waals surface area contributed by atoms with Gasteiger partial charge in [-0.1, -0.05) is 39.0 Å². The first-order valence-electron chi connectivity index (χ1n) is 11.3. The number of nitrogens with one attached hydrogen (secondary N) is 2. The molecule has 0 atom stereocenters. The van der Waals surface area contributed by atoms with E-state index in [-0.39, 0.29) is 16.9 Å². The van der Waals surface area contributed by atoms with Gasteiger partial charge in [0.15, 0.2) is 0 Å². The first-order valence-corrected chi connectivity index (χ1v) is 11.3. The van der Waals surface area contributed by atoms with Crippen LogP contribution in [0.5, 0.6) is 11.6 Å². The lowest BCUT2D eigenvalue weighted by Crippen LogP contribution is -2.27. The van der Waals surface area contributed by atoms with Gasteiger partial charge < -0.3 is 19.5 Å². The third-order valence-corrected chi connectivity index (χ3v) is 5.16. The van der Waals surface area contributed by atoms with Gasteiger partial charge in [0.2, 0.25) is 5.88 Å². The molecule has 2 amide bonds. The van der Waals surface area contributed by atoms with Crippen molar-refractivity contribution < 1.29 is 23.8 Å². The van der Waals surface area contributed by atoms with Crippen LogP contribution in [0.1, 0.15) is 57.5 Å². The van der Waals surface area contributed by atoms with E-state index in [9.17, 15) is 9.59 Å². The summed E-state index contributed by atoms with van der Waals surface area (Å²) in [7, 11) is 2.96. The molecule has 0 bridgehead atoms. The van der Waals surface area contributed by atoms with Crippen molar-refractivity contribution in [3.8, 4) is 11.6 Å². The van der Waals surface area contributed by atoms with Crippen molar-refractivity contribution in [2.75, 3.05) is 24.9 Å². The Hall–Kier alpha value is -3.81. The fourth-order valence-electron chi connectivity index (χ4n) is 3.71. The van der Waals surface area contributed by atoms with E-state index in [0.29, 0.717) is 28.0 Å². The molecule has 186 valence electrons. The number of ether oxygens (including phenoxy) is 3. The van der Waals surface area contributed by atoms with E-state index in [4.69, 9.17) is 14.2 Å². The molecular formula is C27H33N3O5. The number of methoxy groups -OCH3 is 2. The second-order valence-electron chi connectivity index (χ2n) is 10.1. The number of carbonyl (C=O) groups is 2. The van der Waals surface area contributed by atoms with Crippen LogP contribution in [0.25, 0.3) is 10.9 Å². The van der Waals surface area contributed by atoms with E-state index < -0.39 is 17.6 Å². The zero-order valence-electron chi connectivity index (χ0n) is 21.5. The first-order chi connectivity index (χ1) is 16.3. The van der Waals surface area contributed by atoms with Crippen LogP contribution in [0, 0.1) is 0 Å². The standard InChI is InChI=1S/C27H33N3O5/c1-26(2,3)18-14-13-16(28-25(32)35-27(4,5)6)15-20(18)29-23(31)21-22(33-7)17-11-9-10-12-19(17)30-24(21)34-8/h9-15H,1-8H3,(H,28,32)(H,29,31). The minimum atomic E-state index is -0.636. The van der Waals surface area contributed by atoms with Crippen LogP contribution in [0.4, 0.5) is 16.2 Å². The predicted octanol–water partition coefficient (Wildman–Crippen LogP) is 6.15. The van der Waals surface area contributed by atoms with E-state index in [0.717, 1.165) is 5.56 Å². The van der Waals surface area contributed by atoms with E-state index in [1.807, 2.05) is 51.1 Å². The Morgan fingerprint density at radius 2 is 1.57 bits per heavy atom. The maximum Gasteiger partial charge on any atom is 0.412 e. The molecule has 0 saturated heterocycles. The molecule has 35 heavy (non-hydrogen) atoms. The molecule has 2 N–H and O–H groups in total. The molecule has 0 saturated carbocycles. The Morgan fingerprint density at radius 3 is 2.17 bits per heavy atom. The highest BCUT2D eigenvalue weighted by Crippen LogP contribution is 2.37. The molecule has 0 aliphatic heterocycles. The van der Waals surface area contributed by atoms with Crippen molar-refractivity contribution in [2.24, 2.45) is 0 Å². The maximum atomic E-state index is 13.6. The van der Waals surface area contributed by atoms with Crippen LogP contribution >= 0.6 is 0 Å². The maximum absolute atomic E-state index is 13.6. The Morgan fingerprint density at radius 1 is 0.886 bits per heavy atom. The largest absolute Gasteiger partial charge is 0.495 e. The number of carbonyl (C=O) groups excluding carboxylic acids is 2. The van der Waals surface area contributed by atoms with Gasteiger partial charge in [0, 0.05) is 16.8 Å². The van der Waals surface area contributed by atoms with Gasteiger partial charge in [-0.05, 0) is 56.0 Å². The van der Waals surface area contributed by atoms with Gasteiger partial charge in [0.1, 0.15) is 16.9 Å². The van der Waals surface area contributed by atoms with Crippen molar-refractivity contribution >= 4 is 34.3 Å². The molecule has 0 fully saturated rings. The first kappa shape index (κ1) is 25.8. The number of amides is 2. The summed E-state index contributed by atoms with van der Waals surface area (Å²) in [5, 5.41) is 6.40. The van der Waals surface area contributed by atoms with Gasteiger partial charge in [-0.3, -0.25) is 10.1 Å². The van der Waals surface area contributed by atoms with Gasteiger partial charge in [-0.2, -0.15) is 0 Å². The van der Waals surface area contributed by atoms with Gasteiger partial charge in [-0.15, -0.1) is 0 Å². The highest BCUT2D eigenvalue weighted by Gasteiger charge is 2.26. The molecule has 3 rings (SSSR count). The minimum Gasteiger partial charge on any atom is -0.495 e. The van der Waals surface area contributed by atoms with Gasteiger partial charge in [0.05, 0.1) is 19.7 Å². The molecule has 8 nitrogen and oxygen atoms in total. The number of aromatic nitrogens is 1. The van der Waals surface area contributed by atoms with Crippen LogP contribution < -0.4 is 20.1 Å². The van der Waals surface area contributed by atoms with E-state index in [1.165, 1.54) is 14.2 Å². The van der Waals surface area contributed by atoms with Crippen molar-refractivity contribution in [1.29, 1.82) is 0 Å². The number of rotatable bonds is 5. The van der Waals surface area contributed by atoms with Crippen molar-refractivity contribution in [3.05, 3.63) is 53.6 Å². The molecule has 0 radical (unpaired) electrons. The lowest BCUT2D eigenvalue weighted by molar-refractivity contribution is 0.0635. The summed E-state index contributed by atoms with van der Waals surface area (Å²) in [6.07, 6.45) is -0.583. The fraction of sp³-hybridized carbons (Fsp3) is 0.370. The van der Waals surface area contributed by atoms with E-state index in [2.05, 4.69) is 15.6 Å². The lowest BCUT2D eigenvalue weighted by Gasteiger charge is -2.25. The lowest BCUT2D eigenvalue weighted by atomic mass is 9.85. The fourth-order valence-corrected chi connectivity index (χ4v) is 3.71. The predicted molar refractivity (Wildman–Crippen MR) is 138 cm³/mol. The molecular weight excluding hydrogens is 446 g/mol. The summed E-state index contributed by atoms with van der Waals surface area (Å²) in [6.45, 7) is 11.5. The van der Waals surface area contributed by atoms with Gasteiger partial charge in [-0.25, -0.2) is 9.78 Å². The minimum absolute atomic E-state index is 0.151. The molecule has 0 unspecified atom stereocenters. The third kappa shape index (κ3) is 6.01. The van der Waals surface area contributed by atoms with E-state index in [1.54, 1.807) is 32.9 Å². The number of benzene rings is 2. The van der Waals surface area contributed by atoms with Gasteiger partial charge >= 0.3 is 6.09 Å². The van der Waals surface area contributed by atoms with Crippen LogP contribution in [-0.4, -0.2) is 36.8 Å². The SMILES string of the molecule is COc1nc2ccccc2c(OC)c1C(=O)Nc1cc(NC(=O)OC(C)(C)C)ccc1C(C)(C)C. The average molecular weight is 480 g/mol.